The molecule has 0 spiro atoms. The Bertz CT molecular complexity index is 770. The summed E-state index contributed by atoms with van der Waals surface area (Å²) in [6.45, 7) is 1.98. The number of nitrogens with one attached hydrogen (secondary N) is 2. The SMILES string of the molecule is Cc1ccc(NC(=O)C2CC2C(=O)Nc2c(Cl)cccc2Cl)cc1. The van der Waals surface area contributed by atoms with E-state index in [2.05, 4.69) is 10.6 Å². The minimum absolute atomic E-state index is 0.149. The third kappa shape index (κ3) is 3.71. The van der Waals surface area contributed by atoms with Crippen molar-refractivity contribution in [1.29, 1.82) is 0 Å². The maximum atomic E-state index is 12.3. The van der Waals surface area contributed by atoms with Crippen LogP contribution in [0.3, 0.4) is 0 Å². The van der Waals surface area contributed by atoms with Crippen LogP contribution in [0.2, 0.25) is 10.0 Å². The monoisotopic (exact) mass is 362 g/mol. The number of carbonyl (C=O) groups is 2. The van der Waals surface area contributed by atoms with E-state index in [0.717, 1.165) is 11.3 Å². The van der Waals surface area contributed by atoms with Crippen LogP contribution in [0.4, 0.5) is 11.4 Å². The minimum Gasteiger partial charge on any atom is -0.326 e. The number of hydrogen-bond donors (Lipinski definition) is 2. The number of benzene rings is 2. The van der Waals surface area contributed by atoms with E-state index in [1.807, 2.05) is 31.2 Å². The standard InChI is InChI=1S/C18H16Cl2N2O2/c1-10-5-7-11(8-6-10)21-17(23)12-9-13(12)18(24)22-16-14(19)3-2-4-15(16)20/h2-8,12-13H,9H2,1H3,(H,21,23)(H,22,24). The normalized spacial score (nSPS) is 18.8. The highest BCUT2D eigenvalue weighted by Gasteiger charge is 2.48. The highest BCUT2D eigenvalue weighted by atomic mass is 35.5. The van der Waals surface area contributed by atoms with E-state index in [0.29, 0.717) is 22.2 Å². The smallest absolute Gasteiger partial charge is 0.228 e. The number of rotatable bonds is 4. The highest BCUT2D eigenvalue weighted by molar-refractivity contribution is 6.39. The van der Waals surface area contributed by atoms with Gasteiger partial charge in [0.15, 0.2) is 0 Å². The van der Waals surface area contributed by atoms with Crippen molar-refractivity contribution in [3.63, 3.8) is 0 Å². The maximum Gasteiger partial charge on any atom is 0.228 e. The number of aryl methyl sites for hydroxylation is 1. The molecule has 2 atom stereocenters. The van der Waals surface area contributed by atoms with E-state index in [1.165, 1.54) is 0 Å². The van der Waals surface area contributed by atoms with Gasteiger partial charge in [0.25, 0.3) is 0 Å². The molecule has 0 aliphatic heterocycles. The van der Waals surface area contributed by atoms with Crippen molar-refractivity contribution in [1.82, 2.24) is 0 Å². The molecule has 1 fully saturated rings. The van der Waals surface area contributed by atoms with Gasteiger partial charge in [-0.05, 0) is 37.6 Å². The summed E-state index contributed by atoms with van der Waals surface area (Å²) in [5.41, 5.74) is 2.23. The molecule has 6 heteroatoms. The molecule has 0 saturated heterocycles. The molecule has 2 aromatic carbocycles. The summed E-state index contributed by atoms with van der Waals surface area (Å²) in [5.74, 6) is -1.08. The number of halogens is 2. The van der Waals surface area contributed by atoms with E-state index in [1.54, 1.807) is 18.2 Å². The summed E-state index contributed by atoms with van der Waals surface area (Å²) >= 11 is 12.1. The molecule has 4 nitrogen and oxygen atoms in total. The van der Waals surface area contributed by atoms with Crippen LogP contribution in [0.1, 0.15) is 12.0 Å². The Hall–Kier alpha value is -2.04. The zero-order valence-electron chi connectivity index (χ0n) is 13.0. The van der Waals surface area contributed by atoms with Gasteiger partial charge in [-0.15, -0.1) is 0 Å². The Balaban J connectivity index is 1.59. The van der Waals surface area contributed by atoms with Crippen molar-refractivity contribution >= 4 is 46.4 Å². The molecule has 124 valence electrons. The first-order valence-corrected chi connectivity index (χ1v) is 8.33. The topological polar surface area (TPSA) is 58.2 Å². The largest absolute Gasteiger partial charge is 0.326 e. The van der Waals surface area contributed by atoms with Crippen molar-refractivity contribution in [2.24, 2.45) is 11.8 Å². The van der Waals surface area contributed by atoms with Gasteiger partial charge in [-0.25, -0.2) is 0 Å². The van der Waals surface area contributed by atoms with Crippen LogP contribution in [0, 0.1) is 18.8 Å². The fourth-order valence-electron chi connectivity index (χ4n) is 2.48. The Kier molecular flexibility index (Phi) is 4.78. The van der Waals surface area contributed by atoms with Crippen molar-refractivity contribution in [2.45, 2.75) is 13.3 Å². The molecule has 0 bridgehead atoms. The number of hydrogen-bond acceptors (Lipinski definition) is 2. The molecule has 0 aromatic heterocycles. The van der Waals surface area contributed by atoms with E-state index >= 15 is 0 Å². The summed E-state index contributed by atoms with van der Waals surface area (Å²) < 4.78 is 0. The molecule has 1 aliphatic rings. The van der Waals surface area contributed by atoms with Gasteiger partial charge in [-0.1, -0.05) is 47.0 Å². The summed E-state index contributed by atoms with van der Waals surface area (Å²) in [6, 6.07) is 12.5. The lowest BCUT2D eigenvalue weighted by Crippen LogP contribution is -2.20. The van der Waals surface area contributed by atoms with Gasteiger partial charge in [0.05, 0.1) is 27.6 Å². The second-order valence-electron chi connectivity index (χ2n) is 5.89. The predicted molar refractivity (Wildman–Crippen MR) is 96.5 cm³/mol. The average molecular weight is 363 g/mol. The quantitative estimate of drug-likeness (QED) is 0.839. The van der Waals surface area contributed by atoms with Crippen molar-refractivity contribution in [3.05, 3.63) is 58.1 Å². The van der Waals surface area contributed by atoms with Gasteiger partial charge >= 0.3 is 0 Å². The van der Waals surface area contributed by atoms with Gasteiger partial charge in [-0.2, -0.15) is 0 Å². The van der Waals surface area contributed by atoms with Gasteiger partial charge in [0.1, 0.15) is 0 Å². The molecule has 24 heavy (non-hydrogen) atoms. The second-order valence-corrected chi connectivity index (χ2v) is 6.70. The van der Waals surface area contributed by atoms with Crippen LogP contribution in [-0.2, 0) is 9.59 Å². The minimum atomic E-state index is -0.359. The van der Waals surface area contributed by atoms with Crippen LogP contribution in [-0.4, -0.2) is 11.8 Å². The van der Waals surface area contributed by atoms with Crippen LogP contribution >= 0.6 is 23.2 Å². The first kappa shape index (κ1) is 16.8. The summed E-state index contributed by atoms with van der Waals surface area (Å²) in [4.78, 5) is 24.5. The summed E-state index contributed by atoms with van der Waals surface area (Å²) in [5, 5.41) is 6.29. The molecule has 0 heterocycles. The fourth-order valence-corrected chi connectivity index (χ4v) is 2.97. The van der Waals surface area contributed by atoms with E-state index in [9.17, 15) is 9.59 Å². The first-order valence-electron chi connectivity index (χ1n) is 7.58. The van der Waals surface area contributed by atoms with E-state index < -0.39 is 0 Å². The van der Waals surface area contributed by atoms with Crippen molar-refractivity contribution in [2.75, 3.05) is 10.6 Å². The molecule has 2 aromatic rings. The van der Waals surface area contributed by atoms with E-state index in [4.69, 9.17) is 23.2 Å². The van der Waals surface area contributed by atoms with Gasteiger partial charge < -0.3 is 10.6 Å². The molecular weight excluding hydrogens is 347 g/mol. The van der Waals surface area contributed by atoms with Gasteiger partial charge in [-0.3, -0.25) is 9.59 Å². The Morgan fingerprint density at radius 2 is 1.46 bits per heavy atom. The summed E-state index contributed by atoms with van der Waals surface area (Å²) in [6.07, 6.45) is 0.519. The zero-order chi connectivity index (χ0) is 17.3. The second kappa shape index (κ2) is 6.83. The third-order valence-corrected chi connectivity index (χ3v) is 4.62. The lowest BCUT2D eigenvalue weighted by molar-refractivity contribution is -0.122. The Morgan fingerprint density at radius 1 is 0.917 bits per heavy atom. The molecule has 2 N–H and O–H groups in total. The lowest BCUT2D eigenvalue weighted by atomic mass is 10.2. The first-order chi connectivity index (χ1) is 11.5. The summed E-state index contributed by atoms with van der Waals surface area (Å²) in [7, 11) is 0. The van der Waals surface area contributed by atoms with Crippen LogP contribution < -0.4 is 10.6 Å². The maximum absolute atomic E-state index is 12.3. The molecule has 3 rings (SSSR count). The molecule has 2 unspecified atom stereocenters. The lowest BCUT2D eigenvalue weighted by Gasteiger charge is -2.09. The van der Waals surface area contributed by atoms with Gasteiger partial charge in [0.2, 0.25) is 11.8 Å². The fraction of sp³-hybridized carbons (Fsp3) is 0.222. The molecule has 1 saturated carbocycles. The van der Waals surface area contributed by atoms with Crippen molar-refractivity contribution < 1.29 is 9.59 Å². The molecular formula is C18H16Cl2N2O2. The third-order valence-electron chi connectivity index (χ3n) is 3.99. The number of amides is 2. The van der Waals surface area contributed by atoms with Gasteiger partial charge in [0, 0.05) is 5.69 Å². The predicted octanol–water partition coefficient (Wildman–Crippen LogP) is 4.52. The Morgan fingerprint density at radius 3 is 2.04 bits per heavy atom. The number of carbonyl (C=O) groups excluding carboxylic acids is 2. The zero-order valence-corrected chi connectivity index (χ0v) is 14.5. The van der Waals surface area contributed by atoms with E-state index in [-0.39, 0.29) is 23.7 Å². The Labute approximate surface area is 150 Å². The van der Waals surface area contributed by atoms with Crippen LogP contribution in [0.15, 0.2) is 42.5 Å². The molecule has 1 aliphatic carbocycles. The number of anilines is 2. The van der Waals surface area contributed by atoms with Crippen molar-refractivity contribution in [3.8, 4) is 0 Å². The molecule has 0 radical (unpaired) electrons. The molecule has 2 amide bonds. The number of para-hydroxylation sites is 1. The van der Waals surface area contributed by atoms with Crippen LogP contribution in [0.5, 0.6) is 0 Å². The highest BCUT2D eigenvalue weighted by Crippen LogP contribution is 2.41. The average Bonchev–Trinajstić information content (AvgIpc) is 3.34. The van der Waals surface area contributed by atoms with Crippen LogP contribution in [0.25, 0.3) is 0 Å².